The highest BCUT2D eigenvalue weighted by molar-refractivity contribution is 6.03. The first-order valence-corrected chi connectivity index (χ1v) is 10.7. The van der Waals surface area contributed by atoms with Crippen LogP contribution >= 0.6 is 0 Å². The number of para-hydroxylation sites is 2. The van der Waals surface area contributed by atoms with Crippen molar-refractivity contribution < 1.29 is 13.6 Å². The lowest BCUT2D eigenvalue weighted by Gasteiger charge is -2.30. The Morgan fingerprint density at radius 2 is 1.59 bits per heavy atom. The number of halogens is 2. The van der Waals surface area contributed by atoms with Gasteiger partial charge in [0.15, 0.2) is 0 Å². The number of aryl methyl sites for hydroxylation is 2. The molecule has 32 heavy (non-hydrogen) atoms. The summed E-state index contributed by atoms with van der Waals surface area (Å²) in [6.45, 7) is 0.458. The van der Waals surface area contributed by atoms with Gasteiger partial charge in [0.25, 0.3) is 6.43 Å². The van der Waals surface area contributed by atoms with E-state index < -0.39 is 18.7 Å². The summed E-state index contributed by atoms with van der Waals surface area (Å²) in [5.41, 5.74) is 3.49. The van der Waals surface area contributed by atoms with Gasteiger partial charge in [-0.1, -0.05) is 36.4 Å². The van der Waals surface area contributed by atoms with Crippen LogP contribution in [0.5, 0.6) is 0 Å². The van der Waals surface area contributed by atoms with E-state index in [0.717, 1.165) is 40.0 Å². The summed E-state index contributed by atoms with van der Waals surface area (Å²) in [6, 6.07) is 15.9. The lowest BCUT2D eigenvalue weighted by Crippen LogP contribution is -2.43. The van der Waals surface area contributed by atoms with Crippen LogP contribution in [0.4, 0.5) is 20.2 Å². The Morgan fingerprint density at radius 3 is 2.22 bits per heavy atom. The van der Waals surface area contributed by atoms with Crippen LogP contribution in [-0.4, -0.2) is 44.7 Å². The fourth-order valence-electron chi connectivity index (χ4n) is 4.54. The Bertz CT molecular complexity index is 1170. The summed E-state index contributed by atoms with van der Waals surface area (Å²) in [5, 5.41) is 4.07. The van der Waals surface area contributed by atoms with Crippen LogP contribution in [0.1, 0.15) is 17.0 Å². The molecule has 0 atom stereocenters. The molecule has 2 aliphatic rings. The zero-order valence-electron chi connectivity index (χ0n) is 17.5. The first kappa shape index (κ1) is 20.6. The largest absolute Gasteiger partial charge is 0.346 e. The third-order valence-corrected chi connectivity index (χ3v) is 6.05. The Morgan fingerprint density at radius 1 is 0.969 bits per heavy atom. The smallest absolute Gasteiger partial charge is 0.285 e. The first-order valence-electron chi connectivity index (χ1n) is 10.7. The molecule has 0 saturated carbocycles. The second-order valence-electron chi connectivity index (χ2n) is 8.12. The van der Waals surface area contributed by atoms with Crippen LogP contribution in [-0.2, 0) is 37.3 Å². The predicted molar refractivity (Wildman–Crippen MR) is 115 cm³/mol. The summed E-state index contributed by atoms with van der Waals surface area (Å²) < 4.78 is 27.7. The van der Waals surface area contributed by atoms with E-state index in [-0.39, 0.29) is 19.0 Å². The van der Waals surface area contributed by atoms with Crippen molar-refractivity contribution in [2.45, 2.75) is 38.9 Å². The summed E-state index contributed by atoms with van der Waals surface area (Å²) in [6.07, 6.45) is -0.936. The number of hydrogen-bond acceptors (Lipinski definition) is 4. The lowest BCUT2D eigenvalue weighted by atomic mass is 10.0. The first-order chi connectivity index (χ1) is 15.5. The van der Waals surface area contributed by atoms with Crippen molar-refractivity contribution in [3.63, 3.8) is 0 Å². The maximum absolute atomic E-state index is 13.6. The highest BCUT2D eigenvalue weighted by atomic mass is 19.3. The van der Waals surface area contributed by atoms with Gasteiger partial charge in [-0.15, -0.1) is 0 Å². The van der Waals surface area contributed by atoms with Gasteiger partial charge in [0.2, 0.25) is 5.91 Å². The molecule has 5 rings (SSSR count). The number of fused-ring (bicyclic) bond motifs is 3. The van der Waals surface area contributed by atoms with Crippen molar-refractivity contribution >= 4 is 17.3 Å². The molecule has 0 bridgehead atoms. The van der Waals surface area contributed by atoms with E-state index in [4.69, 9.17) is 0 Å². The molecule has 0 fully saturated rings. The third kappa shape index (κ3) is 3.73. The minimum Gasteiger partial charge on any atom is -0.285 e. The van der Waals surface area contributed by atoms with Crippen molar-refractivity contribution in [3.05, 3.63) is 76.0 Å². The predicted octanol–water partition coefficient (Wildman–Crippen LogP) is 2.59. The third-order valence-electron chi connectivity index (χ3n) is 6.05. The highest BCUT2D eigenvalue weighted by Gasteiger charge is 2.29. The zero-order chi connectivity index (χ0) is 22.2. The molecule has 0 unspecified atom stereocenters. The van der Waals surface area contributed by atoms with E-state index in [0.29, 0.717) is 18.9 Å². The number of rotatable bonds is 4. The summed E-state index contributed by atoms with van der Waals surface area (Å²) in [7, 11) is 0. The second kappa shape index (κ2) is 8.31. The van der Waals surface area contributed by atoms with E-state index in [2.05, 4.69) is 17.2 Å². The number of carbonyl (C=O) groups is 1. The molecule has 1 amide bonds. The van der Waals surface area contributed by atoms with Crippen molar-refractivity contribution in [2.24, 2.45) is 0 Å². The maximum atomic E-state index is 13.6. The Labute approximate surface area is 183 Å². The van der Waals surface area contributed by atoms with Crippen molar-refractivity contribution in [1.29, 1.82) is 0 Å². The van der Waals surface area contributed by atoms with Gasteiger partial charge in [-0.25, -0.2) is 18.3 Å². The molecule has 0 aliphatic carbocycles. The molecule has 1 aromatic heterocycles. The molecule has 9 heteroatoms. The number of carbonyl (C=O) groups excluding carboxylic acids is 1. The molecule has 0 radical (unpaired) electrons. The number of amides is 1. The van der Waals surface area contributed by atoms with Crippen LogP contribution in [0.3, 0.4) is 0 Å². The topological polar surface area (TPSA) is 63.4 Å². The molecule has 0 saturated heterocycles. The molecule has 3 heterocycles. The Balaban J connectivity index is 1.41. The second-order valence-corrected chi connectivity index (χ2v) is 8.12. The Kier molecular flexibility index (Phi) is 5.34. The van der Waals surface area contributed by atoms with Crippen molar-refractivity contribution in [1.82, 2.24) is 19.2 Å². The number of benzene rings is 2. The van der Waals surface area contributed by atoms with Gasteiger partial charge in [-0.3, -0.25) is 19.2 Å². The van der Waals surface area contributed by atoms with E-state index in [9.17, 15) is 18.4 Å². The average Bonchev–Trinajstić information content (AvgIpc) is 2.98. The van der Waals surface area contributed by atoms with Gasteiger partial charge in [-0.05, 0) is 36.1 Å². The quantitative estimate of drug-likeness (QED) is 0.627. The minimum atomic E-state index is -2.65. The molecule has 2 aliphatic heterocycles. The van der Waals surface area contributed by atoms with Crippen molar-refractivity contribution in [3.8, 4) is 0 Å². The number of aromatic nitrogens is 3. The number of alkyl halides is 2. The fraction of sp³-hybridized carbons (Fsp3) is 0.348. The average molecular weight is 439 g/mol. The molecule has 0 spiro atoms. The van der Waals surface area contributed by atoms with E-state index >= 15 is 0 Å². The number of nitrogens with zero attached hydrogens (tertiary/aromatic N) is 5. The standard InChI is InChI=1S/C23H23F2N5O2/c24-20(25)13-29-23(32)28-12-11-27(14-21(28)26-29)15-22(31)30-18-7-3-1-5-16(18)9-10-17-6-2-4-8-19(17)30/h1-8,20H,9-15H2. The lowest BCUT2D eigenvalue weighted by molar-refractivity contribution is -0.119. The van der Waals surface area contributed by atoms with Crippen LogP contribution in [0.15, 0.2) is 53.3 Å². The van der Waals surface area contributed by atoms with Crippen LogP contribution in [0.2, 0.25) is 0 Å². The number of hydrogen-bond donors (Lipinski definition) is 0. The minimum absolute atomic E-state index is 0.0744. The van der Waals surface area contributed by atoms with Gasteiger partial charge >= 0.3 is 5.69 Å². The van der Waals surface area contributed by atoms with Gasteiger partial charge in [0, 0.05) is 13.1 Å². The highest BCUT2D eigenvalue weighted by Crippen LogP contribution is 2.36. The summed E-state index contributed by atoms with van der Waals surface area (Å²) in [5.74, 6) is 0.334. The normalized spacial score (nSPS) is 15.8. The van der Waals surface area contributed by atoms with Crippen LogP contribution < -0.4 is 10.6 Å². The molecule has 0 N–H and O–H groups in total. The van der Waals surface area contributed by atoms with Crippen LogP contribution in [0.25, 0.3) is 0 Å². The monoisotopic (exact) mass is 439 g/mol. The number of anilines is 2. The molecular formula is C23H23F2N5O2. The van der Waals surface area contributed by atoms with E-state index in [1.165, 1.54) is 4.57 Å². The van der Waals surface area contributed by atoms with Gasteiger partial charge in [0.1, 0.15) is 12.4 Å². The van der Waals surface area contributed by atoms with E-state index in [1.54, 1.807) is 4.90 Å². The van der Waals surface area contributed by atoms with E-state index in [1.807, 2.05) is 41.3 Å². The van der Waals surface area contributed by atoms with Crippen LogP contribution in [0, 0.1) is 0 Å². The fourth-order valence-corrected chi connectivity index (χ4v) is 4.54. The molecule has 166 valence electrons. The summed E-state index contributed by atoms with van der Waals surface area (Å²) in [4.78, 5) is 29.5. The van der Waals surface area contributed by atoms with Gasteiger partial charge < -0.3 is 0 Å². The van der Waals surface area contributed by atoms with Gasteiger partial charge in [0.05, 0.1) is 24.5 Å². The summed E-state index contributed by atoms with van der Waals surface area (Å²) >= 11 is 0. The SMILES string of the molecule is O=C(CN1CCn2c(nn(CC(F)F)c2=O)C1)N1c2ccccc2CCc2ccccc21. The molecule has 7 nitrogen and oxygen atoms in total. The zero-order valence-corrected chi connectivity index (χ0v) is 17.5. The molecule has 2 aromatic carbocycles. The van der Waals surface area contributed by atoms with Crippen molar-refractivity contribution in [2.75, 3.05) is 18.0 Å². The maximum Gasteiger partial charge on any atom is 0.346 e. The molecular weight excluding hydrogens is 416 g/mol. The van der Waals surface area contributed by atoms with Gasteiger partial charge in [-0.2, -0.15) is 5.10 Å². The Hall–Kier alpha value is -3.33. The molecule has 3 aromatic rings.